The van der Waals surface area contributed by atoms with Gasteiger partial charge in [0.1, 0.15) is 11.6 Å². The Hall–Kier alpha value is -3.84. The van der Waals surface area contributed by atoms with Gasteiger partial charge >= 0.3 is 11.8 Å². The predicted molar refractivity (Wildman–Crippen MR) is 151 cm³/mol. The van der Waals surface area contributed by atoms with Gasteiger partial charge in [0.05, 0.1) is 12.1 Å². The van der Waals surface area contributed by atoms with Crippen molar-refractivity contribution < 1.29 is 28.6 Å². The van der Waals surface area contributed by atoms with Gasteiger partial charge < -0.3 is 30.7 Å². The van der Waals surface area contributed by atoms with Crippen LogP contribution in [0, 0.1) is 18.2 Å². The highest BCUT2D eigenvalue weighted by Crippen LogP contribution is 2.49. The Bertz CT molecular complexity index is 1430. The van der Waals surface area contributed by atoms with Crippen LogP contribution in [0.25, 0.3) is 0 Å². The molecule has 0 saturated heterocycles. The van der Waals surface area contributed by atoms with Crippen molar-refractivity contribution in [3.63, 3.8) is 0 Å². The number of hydrogen-bond donors (Lipinski definition) is 4. The summed E-state index contributed by atoms with van der Waals surface area (Å²) in [5.41, 5.74) is -1.88. The third kappa shape index (κ3) is 6.16. The van der Waals surface area contributed by atoms with Crippen LogP contribution >= 0.6 is 0 Å². The second-order valence-electron chi connectivity index (χ2n) is 11.8. The second kappa shape index (κ2) is 12.2. The topological polar surface area (TPSA) is 155 Å². The molecule has 1 fully saturated rings. The molecule has 2 aliphatic heterocycles. The molecule has 1 saturated carbocycles. The van der Waals surface area contributed by atoms with E-state index >= 15 is 0 Å². The van der Waals surface area contributed by atoms with Crippen molar-refractivity contribution in [1.82, 2.24) is 30.4 Å². The molecule has 0 radical (unpaired) electrons. The van der Waals surface area contributed by atoms with Gasteiger partial charge in [-0.1, -0.05) is 12.1 Å². The number of benzene rings is 1. The van der Waals surface area contributed by atoms with Gasteiger partial charge in [0.25, 0.3) is 11.5 Å². The van der Waals surface area contributed by atoms with Crippen molar-refractivity contribution in [3.8, 4) is 5.75 Å². The minimum atomic E-state index is -1.21. The lowest BCUT2D eigenvalue weighted by Gasteiger charge is -2.42. The number of carbonyl (C=O) groups excluding carboxylic acids is 3. The monoisotopic (exact) mass is 586 g/mol. The van der Waals surface area contributed by atoms with Crippen LogP contribution in [-0.4, -0.2) is 77.7 Å². The summed E-state index contributed by atoms with van der Waals surface area (Å²) >= 11 is 0. The van der Waals surface area contributed by atoms with Crippen LogP contribution in [0.15, 0.2) is 23.0 Å². The first-order valence-corrected chi connectivity index (χ1v) is 13.9. The zero-order valence-electron chi connectivity index (χ0n) is 24.7. The molecule has 42 heavy (non-hydrogen) atoms. The van der Waals surface area contributed by atoms with Gasteiger partial charge in [0.15, 0.2) is 5.69 Å². The van der Waals surface area contributed by atoms with E-state index in [0.717, 1.165) is 4.90 Å². The highest BCUT2D eigenvalue weighted by atomic mass is 19.1. The molecular formula is C29H39FN6O6. The molecule has 1 aliphatic carbocycles. The highest BCUT2D eigenvalue weighted by molar-refractivity contribution is 6.35. The maximum absolute atomic E-state index is 13.7. The second-order valence-corrected chi connectivity index (χ2v) is 11.8. The van der Waals surface area contributed by atoms with Crippen LogP contribution in [0.3, 0.4) is 0 Å². The summed E-state index contributed by atoms with van der Waals surface area (Å²) < 4.78 is 20.2. The van der Waals surface area contributed by atoms with Crippen LogP contribution in [0.4, 0.5) is 4.39 Å². The number of nitrogens with one attached hydrogen (secondary N) is 3. The molecule has 2 aromatic rings. The normalized spacial score (nSPS) is 21.7. The lowest BCUT2D eigenvalue weighted by Crippen LogP contribution is -2.54. The van der Waals surface area contributed by atoms with Gasteiger partial charge in [-0.2, -0.15) is 0 Å². The number of nitrogens with zero attached hydrogens (tertiary/aromatic N) is 3. The number of ether oxygens (including phenoxy) is 1. The number of amides is 3. The average molecular weight is 587 g/mol. The third-order valence-corrected chi connectivity index (χ3v) is 8.32. The number of aromatic hydroxyl groups is 1. The van der Waals surface area contributed by atoms with Gasteiger partial charge in [-0.05, 0) is 56.7 Å². The van der Waals surface area contributed by atoms with E-state index < -0.39 is 45.7 Å². The Labute approximate surface area is 243 Å². The van der Waals surface area contributed by atoms with Crippen LogP contribution in [0.5, 0.6) is 5.75 Å². The summed E-state index contributed by atoms with van der Waals surface area (Å²) in [5, 5.41) is 19.8. The van der Waals surface area contributed by atoms with Gasteiger partial charge in [0.2, 0.25) is 5.75 Å². The van der Waals surface area contributed by atoms with E-state index in [1.165, 1.54) is 30.8 Å². The molecule has 1 unspecified atom stereocenters. The number of fused-ring (bicyclic) bond motifs is 2. The Morgan fingerprint density at radius 1 is 1.21 bits per heavy atom. The summed E-state index contributed by atoms with van der Waals surface area (Å²) in [6.45, 7) is 4.84. The van der Waals surface area contributed by atoms with Crippen LogP contribution in [0.2, 0.25) is 0 Å². The third-order valence-electron chi connectivity index (χ3n) is 8.32. The van der Waals surface area contributed by atoms with E-state index in [1.807, 2.05) is 6.92 Å². The van der Waals surface area contributed by atoms with Gasteiger partial charge in [-0.3, -0.25) is 23.7 Å². The molecule has 1 aromatic carbocycles. The van der Waals surface area contributed by atoms with Gasteiger partial charge in [0, 0.05) is 52.3 Å². The number of hydrogen-bond acceptors (Lipinski definition) is 8. The van der Waals surface area contributed by atoms with E-state index in [4.69, 9.17) is 4.74 Å². The summed E-state index contributed by atoms with van der Waals surface area (Å²) in [5.74, 6) is -3.48. The summed E-state index contributed by atoms with van der Waals surface area (Å²) in [6, 6.07) is 4.45. The fourth-order valence-electron chi connectivity index (χ4n) is 5.81. The molecule has 13 heteroatoms. The highest BCUT2D eigenvalue weighted by Gasteiger charge is 2.52. The van der Waals surface area contributed by atoms with E-state index in [9.17, 15) is 28.7 Å². The smallest absolute Gasteiger partial charge is 0.311 e. The lowest BCUT2D eigenvalue weighted by molar-refractivity contribution is -0.145. The molecule has 2 bridgehead atoms. The Kier molecular flexibility index (Phi) is 9.02. The van der Waals surface area contributed by atoms with Crippen molar-refractivity contribution in [2.75, 3.05) is 34.4 Å². The minimum Gasteiger partial charge on any atom is -0.501 e. The number of rotatable bonds is 9. The maximum Gasteiger partial charge on any atom is 0.311 e. The quantitative estimate of drug-likeness (QED) is 0.317. The molecule has 3 amide bonds. The predicted octanol–water partition coefficient (Wildman–Crippen LogP) is 0.925. The first kappa shape index (κ1) is 31.1. The first-order chi connectivity index (χ1) is 19.8. The maximum atomic E-state index is 13.7. The average Bonchev–Trinajstić information content (AvgIpc) is 3.17. The van der Waals surface area contributed by atoms with Crippen molar-refractivity contribution >= 4 is 17.7 Å². The number of halogens is 1. The zero-order chi connectivity index (χ0) is 30.8. The fourth-order valence-corrected chi connectivity index (χ4v) is 5.81. The Morgan fingerprint density at radius 3 is 2.52 bits per heavy atom. The zero-order valence-corrected chi connectivity index (χ0v) is 24.7. The number of likely N-dealkylation sites (N-methyl/N-ethyl adjacent to an activating group) is 1. The lowest BCUT2D eigenvalue weighted by atomic mass is 9.68. The van der Waals surface area contributed by atoms with E-state index in [0.29, 0.717) is 50.0 Å². The van der Waals surface area contributed by atoms with Crippen molar-refractivity contribution in [2.45, 2.75) is 64.2 Å². The number of methoxy groups -OCH3 is 1. The van der Waals surface area contributed by atoms with E-state index in [1.54, 1.807) is 20.1 Å². The molecule has 1 atom stereocenters. The van der Waals surface area contributed by atoms with Crippen LogP contribution in [0.1, 0.15) is 60.0 Å². The Morgan fingerprint density at radius 2 is 1.90 bits per heavy atom. The molecule has 1 aromatic heterocycles. The van der Waals surface area contributed by atoms with Crippen LogP contribution in [-0.2, 0) is 33.0 Å². The largest absolute Gasteiger partial charge is 0.501 e. The Balaban J connectivity index is 1.72. The molecule has 4 N–H and O–H groups in total. The van der Waals surface area contributed by atoms with Gasteiger partial charge in [-0.25, -0.2) is 9.37 Å². The summed E-state index contributed by atoms with van der Waals surface area (Å²) in [6.07, 6.45) is 1.91. The van der Waals surface area contributed by atoms with E-state index in [-0.39, 0.29) is 30.8 Å². The minimum absolute atomic E-state index is 0.00709. The first-order valence-electron chi connectivity index (χ1n) is 13.9. The number of carbonyl (C=O) groups is 3. The molecular weight excluding hydrogens is 547 g/mol. The molecule has 3 heterocycles. The fraction of sp³-hybridized carbons (Fsp3) is 0.552. The summed E-state index contributed by atoms with van der Waals surface area (Å²) in [4.78, 5) is 58.1. The van der Waals surface area contributed by atoms with Crippen molar-refractivity contribution in [2.24, 2.45) is 5.41 Å². The molecule has 228 valence electrons. The molecule has 0 spiro atoms. The van der Waals surface area contributed by atoms with Crippen molar-refractivity contribution in [3.05, 3.63) is 57.0 Å². The molecule has 3 aliphatic rings. The molecule has 12 nitrogen and oxygen atoms in total. The SMILES string of the molecule is COCC(C)NCC12CCC(NC(=O)C(=O)N(C)C)(CC1)c1nc(C(=O)NCc3ccc(F)c(C)c3)c(O)c(=O)n1C2. The number of aromatic nitrogens is 2. The standard InChI is InChI=1S/C29H39FN6O6/c1-17-12-19(6-7-20(17)30)13-31-23(38)21-22(37)25(40)36-16-28(15-32-18(2)14-42-5)8-10-29(11-9-28,27(36)33-21)34-24(39)26(41)35(3)4/h6-7,12,18,32,37H,8-11,13-16H2,1-5H3,(H,31,38)(H,34,39). The van der Waals surface area contributed by atoms with E-state index in [2.05, 4.69) is 20.9 Å². The summed E-state index contributed by atoms with van der Waals surface area (Å²) in [7, 11) is 4.55. The number of aryl methyl sites for hydroxylation is 1. The van der Waals surface area contributed by atoms with Crippen LogP contribution < -0.4 is 21.5 Å². The van der Waals surface area contributed by atoms with Crippen molar-refractivity contribution in [1.29, 1.82) is 0 Å². The molecule has 5 rings (SSSR count). The van der Waals surface area contributed by atoms with Gasteiger partial charge in [-0.15, -0.1) is 0 Å².